The van der Waals surface area contributed by atoms with Crippen molar-refractivity contribution in [1.82, 2.24) is 4.98 Å². The molecule has 0 saturated heterocycles. The lowest BCUT2D eigenvalue weighted by Crippen LogP contribution is -2.14. The van der Waals surface area contributed by atoms with Crippen LogP contribution in [-0.2, 0) is 13.2 Å². The first-order valence-corrected chi connectivity index (χ1v) is 11.0. The summed E-state index contributed by atoms with van der Waals surface area (Å²) in [5, 5.41) is 5.05. The number of nitrogens with one attached hydrogen (secondary N) is 1. The van der Waals surface area contributed by atoms with E-state index in [1.807, 2.05) is 12.3 Å². The van der Waals surface area contributed by atoms with Crippen molar-refractivity contribution in [3.8, 4) is 11.5 Å². The Morgan fingerprint density at radius 1 is 0.939 bits per heavy atom. The second kappa shape index (κ2) is 10.2. The average molecular weight is 467 g/mol. The van der Waals surface area contributed by atoms with Crippen LogP contribution in [0.2, 0.25) is 0 Å². The van der Waals surface area contributed by atoms with Crippen molar-refractivity contribution in [2.24, 2.45) is 0 Å². The van der Waals surface area contributed by atoms with E-state index in [9.17, 15) is 13.6 Å². The fraction of sp³-hybridized carbons (Fsp3) is 0.120. The molecule has 0 atom stereocenters. The zero-order chi connectivity index (χ0) is 23.2. The zero-order valence-corrected chi connectivity index (χ0v) is 18.5. The minimum Gasteiger partial charge on any atom is -0.489 e. The van der Waals surface area contributed by atoms with Gasteiger partial charge < -0.3 is 9.47 Å². The monoisotopic (exact) mass is 466 g/mol. The predicted octanol–water partition coefficient (Wildman–Crippen LogP) is 6.14. The van der Waals surface area contributed by atoms with Crippen LogP contribution in [0.15, 0.2) is 72.1 Å². The van der Waals surface area contributed by atoms with Crippen LogP contribution in [0.3, 0.4) is 0 Å². The Balaban J connectivity index is 1.55. The van der Waals surface area contributed by atoms with Crippen LogP contribution in [-0.4, -0.2) is 10.9 Å². The van der Waals surface area contributed by atoms with E-state index < -0.39 is 5.91 Å². The molecule has 4 rings (SSSR count). The van der Waals surface area contributed by atoms with Crippen molar-refractivity contribution in [2.45, 2.75) is 20.1 Å². The molecule has 4 aromatic rings. The third kappa shape index (κ3) is 6.14. The largest absolute Gasteiger partial charge is 0.489 e. The van der Waals surface area contributed by atoms with E-state index in [0.29, 0.717) is 27.8 Å². The summed E-state index contributed by atoms with van der Waals surface area (Å²) in [4.78, 5) is 17.2. The second-order valence-electron chi connectivity index (χ2n) is 7.24. The van der Waals surface area contributed by atoms with Gasteiger partial charge in [-0.1, -0.05) is 24.3 Å². The number of ether oxygens (including phenoxy) is 2. The quantitative estimate of drug-likeness (QED) is 0.339. The fourth-order valence-corrected chi connectivity index (χ4v) is 3.74. The SMILES string of the molecule is Cc1csc(NC(=O)c2cc(OCc3cccc(F)c3)ccc2OCc2cccc(F)c2)n1. The molecule has 1 amide bonds. The summed E-state index contributed by atoms with van der Waals surface area (Å²) in [6.45, 7) is 2.05. The van der Waals surface area contributed by atoms with E-state index in [1.54, 1.807) is 42.5 Å². The maximum absolute atomic E-state index is 13.5. The van der Waals surface area contributed by atoms with Crippen LogP contribution in [0.25, 0.3) is 0 Å². The highest BCUT2D eigenvalue weighted by Crippen LogP contribution is 2.27. The van der Waals surface area contributed by atoms with E-state index in [2.05, 4.69) is 10.3 Å². The molecule has 168 valence electrons. The number of carbonyl (C=O) groups excluding carboxylic acids is 1. The molecule has 0 radical (unpaired) electrons. The smallest absolute Gasteiger partial charge is 0.261 e. The third-order valence-electron chi connectivity index (χ3n) is 4.61. The number of anilines is 1. The summed E-state index contributed by atoms with van der Waals surface area (Å²) in [5.41, 5.74) is 2.31. The molecule has 0 bridgehead atoms. The Morgan fingerprint density at radius 3 is 2.21 bits per heavy atom. The van der Waals surface area contributed by atoms with Crippen molar-refractivity contribution < 1.29 is 23.0 Å². The van der Waals surface area contributed by atoms with E-state index >= 15 is 0 Å². The Bertz CT molecular complexity index is 1280. The molecular formula is C25H20F2N2O3S. The van der Waals surface area contributed by atoms with Crippen molar-refractivity contribution in [3.05, 3.63) is 106 Å². The van der Waals surface area contributed by atoms with Gasteiger partial charge in [-0.2, -0.15) is 0 Å². The molecule has 0 aliphatic rings. The van der Waals surface area contributed by atoms with Crippen LogP contribution in [0.5, 0.6) is 11.5 Å². The van der Waals surface area contributed by atoms with Gasteiger partial charge in [0.05, 0.1) is 11.3 Å². The number of amides is 1. The van der Waals surface area contributed by atoms with Crippen LogP contribution < -0.4 is 14.8 Å². The first kappa shape index (κ1) is 22.4. The van der Waals surface area contributed by atoms with E-state index in [4.69, 9.17) is 9.47 Å². The molecule has 1 aromatic heterocycles. The molecule has 1 heterocycles. The van der Waals surface area contributed by atoms with Crippen LogP contribution in [0.4, 0.5) is 13.9 Å². The van der Waals surface area contributed by atoms with Gasteiger partial charge in [0.1, 0.15) is 36.3 Å². The topological polar surface area (TPSA) is 60.5 Å². The number of benzene rings is 3. The highest BCUT2D eigenvalue weighted by Gasteiger charge is 2.16. The lowest BCUT2D eigenvalue weighted by Gasteiger charge is -2.14. The molecule has 1 N–H and O–H groups in total. The van der Waals surface area contributed by atoms with Crippen molar-refractivity contribution in [3.63, 3.8) is 0 Å². The first-order chi connectivity index (χ1) is 16.0. The molecule has 0 saturated carbocycles. The summed E-state index contributed by atoms with van der Waals surface area (Å²) in [7, 11) is 0. The molecule has 0 aliphatic carbocycles. The Hall–Kier alpha value is -3.78. The predicted molar refractivity (Wildman–Crippen MR) is 123 cm³/mol. The molecule has 0 unspecified atom stereocenters. The van der Waals surface area contributed by atoms with Crippen molar-refractivity contribution >= 4 is 22.4 Å². The standard InChI is InChI=1S/C25H20F2N2O3S/c1-16-15-33-25(28-16)29-24(30)22-12-21(31-13-17-4-2-6-19(26)10-17)8-9-23(22)32-14-18-5-3-7-20(27)11-18/h2-12,15H,13-14H2,1H3,(H,28,29,30). The van der Waals surface area contributed by atoms with Crippen molar-refractivity contribution in [1.29, 1.82) is 0 Å². The molecule has 8 heteroatoms. The Kier molecular flexibility index (Phi) is 6.95. The molecule has 3 aromatic carbocycles. The minimum absolute atomic E-state index is 0.0812. The second-order valence-corrected chi connectivity index (χ2v) is 8.10. The molecule has 5 nitrogen and oxygen atoms in total. The highest BCUT2D eigenvalue weighted by molar-refractivity contribution is 7.13. The normalized spacial score (nSPS) is 10.6. The van der Waals surface area contributed by atoms with Gasteiger partial charge in [-0.3, -0.25) is 10.1 Å². The highest BCUT2D eigenvalue weighted by atomic mass is 32.1. The molecular weight excluding hydrogens is 446 g/mol. The molecule has 0 fully saturated rings. The lowest BCUT2D eigenvalue weighted by molar-refractivity contribution is 0.102. The summed E-state index contributed by atoms with van der Waals surface area (Å²) >= 11 is 1.31. The van der Waals surface area contributed by atoms with Gasteiger partial charge in [0, 0.05) is 5.38 Å². The Morgan fingerprint density at radius 2 is 1.61 bits per heavy atom. The van der Waals surface area contributed by atoms with Crippen LogP contribution >= 0.6 is 11.3 Å². The first-order valence-electron chi connectivity index (χ1n) is 10.1. The number of aryl methyl sites for hydroxylation is 1. The molecule has 0 spiro atoms. The summed E-state index contributed by atoms with van der Waals surface area (Å²) in [6, 6.07) is 17.0. The van der Waals surface area contributed by atoms with Crippen LogP contribution in [0.1, 0.15) is 27.2 Å². The van der Waals surface area contributed by atoms with Gasteiger partial charge in [-0.25, -0.2) is 13.8 Å². The van der Waals surface area contributed by atoms with Gasteiger partial charge >= 0.3 is 0 Å². The number of hydrogen-bond acceptors (Lipinski definition) is 5. The lowest BCUT2D eigenvalue weighted by atomic mass is 10.1. The summed E-state index contributed by atoms with van der Waals surface area (Å²) < 4.78 is 38.5. The van der Waals surface area contributed by atoms with Gasteiger partial charge in [0.15, 0.2) is 5.13 Å². The third-order valence-corrected chi connectivity index (χ3v) is 5.49. The Labute approximate surface area is 193 Å². The van der Waals surface area contributed by atoms with Crippen molar-refractivity contribution in [2.75, 3.05) is 5.32 Å². The van der Waals surface area contributed by atoms with E-state index in [0.717, 1.165) is 5.69 Å². The summed E-state index contributed by atoms with van der Waals surface area (Å²) in [6.07, 6.45) is 0. The summed E-state index contributed by atoms with van der Waals surface area (Å²) in [5.74, 6) is -0.416. The van der Waals surface area contributed by atoms with Gasteiger partial charge in [0.25, 0.3) is 5.91 Å². The van der Waals surface area contributed by atoms with E-state index in [1.165, 1.54) is 35.6 Å². The van der Waals surface area contributed by atoms with E-state index in [-0.39, 0.29) is 30.4 Å². The van der Waals surface area contributed by atoms with Gasteiger partial charge in [-0.15, -0.1) is 11.3 Å². The number of hydrogen-bond donors (Lipinski definition) is 1. The number of aromatic nitrogens is 1. The molecule has 0 aliphatic heterocycles. The zero-order valence-electron chi connectivity index (χ0n) is 17.7. The number of carbonyl (C=O) groups is 1. The fourth-order valence-electron chi connectivity index (χ4n) is 3.06. The average Bonchev–Trinajstić information content (AvgIpc) is 3.21. The number of halogens is 2. The van der Waals surface area contributed by atoms with Crippen LogP contribution in [0, 0.1) is 18.6 Å². The number of rotatable bonds is 8. The minimum atomic E-state index is -0.421. The number of thiazole rings is 1. The maximum atomic E-state index is 13.5. The number of nitrogens with zero attached hydrogens (tertiary/aromatic N) is 1. The molecule has 33 heavy (non-hydrogen) atoms. The maximum Gasteiger partial charge on any atom is 0.261 e. The van der Waals surface area contributed by atoms with Gasteiger partial charge in [0.2, 0.25) is 0 Å². The van der Waals surface area contributed by atoms with Gasteiger partial charge in [-0.05, 0) is 60.5 Å².